The summed E-state index contributed by atoms with van der Waals surface area (Å²) in [5.74, 6) is 0.459. The number of nitrogens with one attached hydrogen (secondary N) is 2. The highest BCUT2D eigenvalue weighted by molar-refractivity contribution is 7.99. The number of hydrogen-bond acceptors (Lipinski definition) is 17. The molecule has 3 heterocycles. The standard InChI is InChI=1S/C33H56N7O16P3S/c1-4-5-6-7-8-9-10-11-12-13-17-60-18-16-35-24(41)14-15-36-31(44)28(43)33(2,3)20-53-59(50,51)56-58(48,49)52-19-23-27(55-57(45,46)47)26(42)32(54-23)40-22-39-25-29(34)37-21-38-30(25)40/h5-8,21-23,26-28,32,42-43H,4,9-20H2,1-3H3,(H,35,41)(H,36,44)(H,48,49)(H,50,51)(H2,34,37,38)(H2,45,46,47)/b6-5+,8-7-/t23-,26-,27-,28+,32-/m1/s1. The summed E-state index contributed by atoms with van der Waals surface area (Å²) < 4.78 is 62.3. The number of aliphatic hydroxyl groups excluding tert-OH is 2. The minimum atomic E-state index is -5.55. The Labute approximate surface area is 351 Å². The number of aliphatic hydroxyl groups is 2. The molecule has 1 saturated heterocycles. The number of amides is 2. The van der Waals surface area contributed by atoms with Crippen LogP contribution in [0, 0.1) is 5.41 Å². The number of fused-ring (bicyclic) bond motifs is 1. The topological polar surface area (TPSA) is 347 Å². The van der Waals surface area contributed by atoms with Crippen LogP contribution >= 0.6 is 35.2 Å². The Bertz CT molecular complexity index is 1900. The number of hydrogen-bond donors (Lipinski definition) is 9. The van der Waals surface area contributed by atoms with Crippen molar-refractivity contribution in [2.45, 2.75) is 96.4 Å². The van der Waals surface area contributed by atoms with E-state index in [1.165, 1.54) is 20.3 Å². The van der Waals surface area contributed by atoms with Gasteiger partial charge in [-0.2, -0.15) is 16.1 Å². The number of anilines is 1. The molecule has 0 aromatic carbocycles. The number of phosphoric ester groups is 3. The van der Waals surface area contributed by atoms with Gasteiger partial charge in [0.1, 0.15) is 36.3 Å². The fourth-order valence-electron chi connectivity index (χ4n) is 5.51. The number of phosphoric acid groups is 3. The average Bonchev–Trinajstić information content (AvgIpc) is 3.73. The van der Waals surface area contributed by atoms with Gasteiger partial charge in [0.05, 0.1) is 19.5 Å². The lowest BCUT2D eigenvalue weighted by molar-refractivity contribution is -0.137. The summed E-state index contributed by atoms with van der Waals surface area (Å²) in [7, 11) is -16.3. The zero-order chi connectivity index (χ0) is 44.6. The number of carbonyl (C=O) groups excluding carboxylic acids is 2. The van der Waals surface area contributed by atoms with E-state index < -0.39 is 78.6 Å². The second kappa shape index (κ2) is 24.3. The predicted octanol–water partition coefficient (Wildman–Crippen LogP) is 2.61. The van der Waals surface area contributed by atoms with Crippen molar-refractivity contribution in [2.75, 3.05) is 43.5 Å². The number of unbranched alkanes of at least 4 members (excludes halogenated alkanes) is 4. The van der Waals surface area contributed by atoms with Gasteiger partial charge in [-0.15, -0.1) is 0 Å². The molecule has 23 nitrogen and oxygen atoms in total. The quantitative estimate of drug-likeness (QED) is 0.0336. The molecule has 7 atom stereocenters. The number of thioether (sulfide) groups is 1. The van der Waals surface area contributed by atoms with Crippen molar-refractivity contribution in [1.29, 1.82) is 0 Å². The van der Waals surface area contributed by atoms with Crippen LogP contribution in [0.15, 0.2) is 37.0 Å². The second-order valence-electron chi connectivity index (χ2n) is 14.1. The maximum absolute atomic E-state index is 12.7. The Kier molecular flexibility index (Phi) is 20.9. The van der Waals surface area contributed by atoms with E-state index in [-0.39, 0.29) is 35.9 Å². The first kappa shape index (κ1) is 51.7. The van der Waals surface area contributed by atoms with E-state index in [0.29, 0.717) is 6.54 Å². The van der Waals surface area contributed by atoms with Crippen molar-refractivity contribution in [3.05, 3.63) is 37.0 Å². The minimum absolute atomic E-state index is 0.0341. The maximum Gasteiger partial charge on any atom is 0.481 e. The van der Waals surface area contributed by atoms with Crippen LogP contribution in [0.3, 0.4) is 0 Å². The molecule has 0 spiro atoms. The number of nitrogens with zero attached hydrogens (tertiary/aromatic N) is 4. The van der Waals surface area contributed by atoms with Crippen molar-refractivity contribution in [3.8, 4) is 0 Å². The van der Waals surface area contributed by atoms with Crippen LogP contribution in [0.1, 0.15) is 71.9 Å². The first-order chi connectivity index (χ1) is 28.2. The summed E-state index contributed by atoms with van der Waals surface area (Å²) >= 11 is 1.74. The molecule has 0 saturated carbocycles. The zero-order valence-electron chi connectivity index (χ0n) is 33.4. The van der Waals surface area contributed by atoms with Crippen LogP contribution < -0.4 is 16.4 Å². The number of nitrogen functional groups attached to an aromatic ring is 1. The van der Waals surface area contributed by atoms with E-state index in [4.69, 9.17) is 19.5 Å². The van der Waals surface area contributed by atoms with Gasteiger partial charge in [-0.25, -0.2) is 28.6 Å². The molecule has 60 heavy (non-hydrogen) atoms. The van der Waals surface area contributed by atoms with E-state index in [0.717, 1.165) is 60.8 Å². The summed E-state index contributed by atoms with van der Waals surface area (Å²) in [6.45, 7) is 3.03. The van der Waals surface area contributed by atoms with Gasteiger partial charge in [0, 0.05) is 30.7 Å². The average molecular weight is 932 g/mol. The molecule has 10 N–H and O–H groups in total. The Morgan fingerprint density at radius 2 is 1.70 bits per heavy atom. The van der Waals surface area contributed by atoms with Crippen molar-refractivity contribution < 1.29 is 75.7 Å². The van der Waals surface area contributed by atoms with E-state index >= 15 is 0 Å². The van der Waals surface area contributed by atoms with E-state index in [1.807, 2.05) is 0 Å². The summed E-state index contributed by atoms with van der Waals surface area (Å²) in [4.78, 5) is 75.9. The highest BCUT2D eigenvalue weighted by Gasteiger charge is 2.50. The molecule has 3 rings (SSSR count). The van der Waals surface area contributed by atoms with Crippen LogP contribution in [-0.4, -0.2) is 123 Å². The third-order valence-corrected chi connectivity index (χ3v) is 12.8. The zero-order valence-corrected chi connectivity index (χ0v) is 36.9. The van der Waals surface area contributed by atoms with E-state index in [9.17, 15) is 53.1 Å². The van der Waals surface area contributed by atoms with Crippen molar-refractivity contribution in [2.24, 2.45) is 5.41 Å². The molecule has 1 aliphatic rings. The first-order valence-corrected chi connectivity index (χ1v) is 24.6. The molecule has 1 fully saturated rings. The normalized spacial score (nSPS) is 21.4. The van der Waals surface area contributed by atoms with Gasteiger partial charge in [0.25, 0.3) is 0 Å². The Hall–Kier alpha value is -2.63. The van der Waals surface area contributed by atoms with Crippen LogP contribution in [0.5, 0.6) is 0 Å². The largest absolute Gasteiger partial charge is 0.481 e. The molecule has 2 aromatic heterocycles. The number of carbonyl (C=O) groups is 2. The van der Waals surface area contributed by atoms with Crippen LogP contribution in [0.4, 0.5) is 5.82 Å². The van der Waals surface area contributed by atoms with Gasteiger partial charge in [-0.3, -0.25) is 27.7 Å². The van der Waals surface area contributed by atoms with E-state index in [1.54, 1.807) is 11.8 Å². The number of rotatable bonds is 28. The summed E-state index contributed by atoms with van der Waals surface area (Å²) in [6, 6.07) is 0. The van der Waals surface area contributed by atoms with Crippen LogP contribution in [-0.2, 0) is 45.9 Å². The molecule has 0 bridgehead atoms. The molecule has 2 amide bonds. The predicted molar refractivity (Wildman–Crippen MR) is 219 cm³/mol. The number of imidazole rings is 1. The lowest BCUT2D eigenvalue weighted by Gasteiger charge is -2.30. The number of ether oxygens (including phenoxy) is 1. The molecule has 2 aromatic rings. The maximum atomic E-state index is 12.7. The van der Waals surface area contributed by atoms with Crippen LogP contribution in [0.2, 0.25) is 0 Å². The lowest BCUT2D eigenvalue weighted by atomic mass is 9.87. The van der Waals surface area contributed by atoms with Gasteiger partial charge < -0.3 is 50.9 Å². The third-order valence-electron chi connectivity index (χ3n) is 8.67. The van der Waals surface area contributed by atoms with Gasteiger partial charge in [-0.05, 0) is 31.4 Å². The molecule has 2 unspecified atom stereocenters. The SMILES string of the molecule is CC/C=C/C=C\CCCCCCSCCNC(=O)CCNC(=O)[C@H](O)C(C)(C)COP(=O)(O)OP(=O)(O)OC[C@H]1O[C@@H](n2cnc3c(N)ncnc32)[C@H](O)[C@@H]1OP(=O)(O)O. The highest BCUT2D eigenvalue weighted by Crippen LogP contribution is 2.61. The molecular formula is C33H56N7O16P3S. The number of allylic oxidation sites excluding steroid dienone is 4. The summed E-state index contributed by atoms with van der Waals surface area (Å²) in [5.41, 5.74) is 4.33. The Morgan fingerprint density at radius 1 is 1.00 bits per heavy atom. The highest BCUT2D eigenvalue weighted by atomic mass is 32.2. The van der Waals surface area contributed by atoms with Crippen LogP contribution in [0.25, 0.3) is 11.2 Å². The third kappa shape index (κ3) is 17.6. The molecular weight excluding hydrogens is 875 g/mol. The summed E-state index contributed by atoms with van der Waals surface area (Å²) in [5, 5.41) is 26.7. The number of aromatic nitrogens is 4. The van der Waals surface area contributed by atoms with E-state index in [2.05, 4.69) is 65.6 Å². The van der Waals surface area contributed by atoms with Gasteiger partial charge in [0.15, 0.2) is 17.7 Å². The fourth-order valence-corrected chi connectivity index (χ4v) is 9.20. The monoisotopic (exact) mass is 931 g/mol. The Balaban J connectivity index is 1.38. The van der Waals surface area contributed by atoms with Gasteiger partial charge >= 0.3 is 23.5 Å². The number of nitrogens with two attached hydrogens (primary N) is 1. The van der Waals surface area contributed by atoms with Gasteiger partial charge in [-0.1, -0.05) is 57.9 Å². The molecule has 0 radical (unpaired) electrons. The lowest BCUT2D eigenvalue weighted by Crippen LogP contribution is -2.46. The molecule has 0 aliphatic carbocycles. The fraction of sp³-hybridized carbons (Fsp3) is 0.667. The minimum Gasteiger partial charge on any atom is -0.386 e. The molecule has 1 aliphatic heterocycles. The molecule has 340 valence electrons. The summed E-state index contributed by atoms with van der Waals surface area (Å²) in [6.07, 6.45) is 8.40. The van der Waals surface area contributed by atoms with Crippen molar-refractivity contribution in [1.82, 2.24) is 30.2 Å². The smallest absolute Gasteiger partial charge is 0.386 e. The first-order valence-electron chi connectivity index (χ1n) is 18.9. The molecule has 27 heteroatoms. The Morgan fingerprint density at radius 3 is 2.42 bits per heavy atom. The van der Waals surface area contributed by atoms with Crippen molar-refractivity contribution >= 4 is 64.0 Å². The second-order valence-corrected chi connectivity index (χ2v) is 19.6. The van der Waals surface area contributed by atoms with Crippen molar-refractivity contribution in [3.63, 3.8) is 0 Å². The van der Waals surface area contributed by atoms with Gasteiger partial charge in [0.2, 0.25) is 11.8 Å².